The molecule has 0 N–H and O–H groups in total. The summed E-state index contributed by atoms with van der Waals surface area (Å²) in [5.41, 5.74) is 0. The third kappa shape index (κ3) is 15.7. The number of hydrogen-bond acceptors (Lipinski definition) is 5. The zero-order valence-electron chi connectivity index (χ0n) is 19.4. The number of unbranched alkanes of at least 4 members (excludes halogenated alkanes) is 2. The molecule has 0 saturated carbocycles. The molecular formula is C21H46Cl2N2O3. The molecule has 0 aromatic heterocycles. The lowest BCUT2D eigenvalue weighted by molar-refractivity contribution is 0.0507. The van der Waals surface area contributed by atoms with Crippen molar-refractivity contribution in [2.45, 2.75) is 105 Å². The molecule has 28 heavy (non-hydrogen) atoms. The molecule has 0 aliphatic rings. The SMILES string of the molecule is CC(C)N(CCCCOC(=O)OCCCCN(C(C)C)C(C)C)C(C)C.Cl.Cl. The Bertz CT molecular complexity index is 320. The maximum absolute atomic E-state index is 11.6. The van der Waals surface area contributed by atoms with Gasteiger partial charge in [-0.2, -0.15) is 0 Å². The van der Waals surface area contributed by atoms with Crippen LogP contribution < -0.4 is 0 Å². The third-order valence-electron chi connectivity index (χ3n) is 4.71. The molecule has 0 unspecified atom stereocenters. The van der Waals surface area contributed by atoms with E-state index in [-0.39, 0.29) is 24.8 Å². The van der Waals surface area contributed by atoms with E-state index in [9.17, 15) is 4.79 Å². The Labute approximate surface area is 186 Å². The van der Waals surface area contributed by atoms with E-state index in [2.05, 4.69) is 65.2 Å². The van der Waals surface area contributed by atoms with Gasteiger partial charge in [-0.05, 0) is 94.2 Å². The predicted octanol–water partition coefficient (Wildman–Crippen LogP) is 5.78. The summed E-state index contributed by atoms with van der Waals surface area (Å²) >= 11 is 0. The standard InChI is InChI=1S/C21H44N2O3.2ClH/c1-17(2)22(18(3)4)13-9-11-15-25-21(24)26-16-12-10-14-23(19(5)6)20(7)8;;/h17-20H,9-16H2,1-8H3;2*1H. The normalized spacial score (nSPS) is 11.4. The van der Waals surface area contributed by atoms with E-state index in [1.807, 2.05) is 0 Å². The van der Waals surface area contributed by atoms with Crippen molar-refractivity contribution < 1.29 is 14.3 Å². The maximum atomic E-state index is 11.6. The highest BCUT2D eigenvalue weighted by Gasteiger charge is 2.13. The average molecular weight is 446 g/mol. The maximum Gasteiger partial charge on any atom is 0.508 e. The van der Waals surface area contributed by atoms with Gasteiger partial charge in [-0.1, -0.05) is 0 Å². The van der Waals surface area contributed by atoms with Gasteiger partial charge in [0, 0.05) is 24.2 Å². The second-order valence-electron chi connectivity index (χ2n) is 8.21. The molecule has 5 nitrogen and oxygen atoms in total. The van der Waals surface area contributed by atoms with E-state index in [1.165, 1.54) is 0 Å². The summed E-state index contributed by atoms with van der Waals surface area (Å²) in [6, 6.07) is 2.18. The molecule has 0 aliphatic heterocycles. The highest BCUT2D eigenvalue weighted by atomic mass is 35.5. The first kappa shape index (κ1) is 32.4. The zero-order chi connectivity index (χ0) is 20.1. The van der Waals surface area contributed by atoms with Crippen molar-refractivity contribution in [1.29, 1.82) is 0 Å². The Kier molecular flexibility index (Phi) is 21.8. The topological polar surface area (TPSA) is 42.0 Å². The molecule has 0 aromatic rings. The van der Waals surface area contributed by atoms with Crippen LogP contribution in [0.4, 0.5) is 4.79 Å². The number of carbonyl (C=O) groups is 1. The highest BCUT2D eigenvalue weighted by Crippen LogP contribution is 2.08. The van der Waals surface area contributed by atoms with Gasteiger partial charge in [0.15, 0.2) is 0 Å². The molecule has 0 saturated heterocycles. The number of halogens is 2. The molecule has 0 rings (SSSR count). The largest absolute Gasteiger partial charge is 0.508 e. The van der Waals surface area contributed by atoms with Crippen LogP contribution in [0.2, 0.25) is 0 Å². The van der Waals surface area contributed by atoms with Crippen molar-refractivity contribution in [1.82, 2.24) is 9.80 Å². The fourth-order valence-electron chi connectivity index (χ4n) is 3.37. The van der Waals surface area contributed by atoms with Gasteiger partial charge in [0.25, 0.3) is 0 Å². The number of nitrogens with zero attached hydrogens (tertiary/aromatic N) is 2. The van der Waals surface area contributed by atoms with Crippen LogP contribution >= 0.6 is 24.8 Å². The molecule has 0 aliphatic carbocycles. The Morgan fingerprint density at radius 2 is 0.893 bits per heavy atom. The summed E-state index contributed by atoms with van der Waals surface area (Å²) < 4.78 is 10.3. The molecule has 0 heterocycles. The Balaban J connectivity index is -0.00000312. The molecule has 172 valence electrons. The zero-order valence-corrected chi connectivity index (χ0v) is 21.0. The van der Waals surface area contributed by atoms with Gasteiger partial charge >= 0.3 is 6.16 Å². The van der Waals surface area contributed by atoms with Crippen LogP contribution in [0.3, 0.4) is 0 Å². The Hall–Kier alpha value is -0.230. The molecule has 0 radical (unpaired) electrons. The monoisotopic (exact) mass is 444 g/mol. The number of ether oxygens (including phenoxy) is 2. The van der Waals surface area contributed by atoms with Crippen molar-refractivity contribution >= 4 is 31.0 Å². The van der Waals surface area contributed by atoms with Crippen LogP contribution in [0.5, 0.6) is 0 Å². The highest BCUT2D eigenvalue weighted by molar-refractivity contribution is 5.85. The molecular weight excluding hydrogens is 399 g/mol. The lowest BCUT2D eigenvalue weighted by atomic mass is 10.2. The molecule has 0 spiro atoms. The molecule has 0 aromatic carbocycles. The second kappa shape index (κ2) is 18.8. The van der Waals surface area contributed by atoms with Crippen LogP contribution in [-0.4, -0.2) is 66.4 Å². The van der Waals surface area contributed by atoms with Crippen LogP contribution in [0, 0.1) is 0 Å². The van der Waals surface area contributed by atoms with Gasteiger partial charge in [-0.25, -0.2) is 4.79 Å². The molecule has 7 heteroatoms. The second-order valence-corrected chi connectivity index (χ2v) is 8.21. The fraction of sp³-hybridized carbons (Fsp3) is 0.952. The average Bonchev–Trinajstić information content (AvgIpc) is 2.52. The summed E-state index contributed by atoms with van der Waals surface area (Å²) in [5, 5.41) is 0. The lowest BCUT2D eigenvalue weighted by Crippen LogP contribution is -2.37. The van der Waals surface area contributed by atoms with E-state index < -0.39 is 6.16 Å². The lowest BCUT2D eigenvalue weighted by Gasteiger charge is -2.30. The van der Waals surface area contributed by atoms with Crippen LogP contribution in [0.25, 0.3) is 0 Å². The van der Waals surface area contributed by atoms with Gasteiger partial charge in [-0.15, -0.1) is 24.8 Å². The fourth-order valence-corrected chi connectivity index (χ4v) is 3.37. The van der Waals surface area contributed by atoms with Crippen molar-refractivity contribution in [3.05, 3.63) is 0 Å². The number of hydrogen-bond donors (Lipinski definition) is 0. The van der Waals surface area contributed by atoms with Crippen molar-refractivity contribution in [3.8, 4) is 0 Å². The first-order valence-electron chi connectivity index (χ1n) is 10.5. The van der Waals surface area contributed by atoms with Crippen LogP contribution in [0.1, 0.15) is 81.1 Å². The summed E-state index contributed by atoms with van der Waals surface area (Å²) in [6.07, 6.45) is 3.29. The minimum absolute atomic E-state index is 0. The summed E-state index contributed by atoms with van der Waals surface area (Å²) in [5.74, 6) is 0. The van der Waals surface area contributed by atoms with E-state index in [0.717, 1.165) is 38.8 Å². The third-order valence-corrected chi connectivity index (χ3v) is 4.71. The van der Waals surface area contributed by atoms with E-state index >= 15 is 0 Å². The van der Waals surface area contributed by atoms with Crippen LogP contribution in [0.15, 0.2) is 0 Å². The Morgan fingerprint density at radius 3 is 1.14 bits per heavy atom. The number of rotatable bonds is 14. The quantitative estimate of drug-likeness (QED) is 0.250. The van der Waals surface area contributed by atoms with Gasteiger partial charge in [0.05, 0.1) is 13.2 Å². The van der Waals surface area contributed by atoms with Gasteiger partial charge in [-0.3, -0.25) is 9.80 Å². The number of carbonyl (C=O) groups excluding carboxylic acids is 1. The van der Waals surface area contributed by atoms with E-state index in [0.29, 0.717) is 37.4 Å². The first-order chi connectivity index (χ1) is 12.2. The van der Waals surface area contributed by atoms with Gasteiger partial charge in [0.1, 0.15) is 0 Å². The van der Waals surface area contributed by atoms with Gasteiger partial charge < -0.3 is 9.47 Å². The van der Waals surface area contributed by atoms with Crippen molar-refractivity contribution in [2.24, 2.45) is 0 Å². The van der Waals surface area contributed by atoms with Crippen molar-refractivity contribution in [3.63, 3.8) is 0 Å². The van der Waals surface area contributed by atoms with Crippen LogP contribution in [-0.2, 0) is 9.47 Å². The van der Waals surface area contributed by atoms with Gasteiger partial charge in [0.2, 0.25) is 0 Å². The van der Waals surface area contributed by atoms with Crippen molar-refractivity contribution in [2.75, 3.05) is 26.3 Å². The molecule has 0 atom stereocenters. The summed E-state index contributed by atoms with van der Waals surface area (Å²) in [4.78, 5) is 16.5. The minimum atomic E-state index is -0.529. The molecule has 0 bridgehead atoms. The summed E-state index contributed by atoms with van der Waals surface area (Å²) in [7, 11) is 0. The van der Waals surface area contributed by atoms with E-state index in [1.54, 1.807) is 0 Å². The predicted molar refractivity (Wildman–Crippen MR) is 124 cm³/mol. The molecule has 0 fully saturated rings. The minimum Gasteiger partial charge on any atom is -0.434 e. The molecule has 0 amide bonds. The smallest absolute Gasteiger partial charge is 0.434 e. The first-order valence-corrected chi connectivity index (χ1v) is 10.5. The Morgan fingerprint density at radius 1 is 0.607 bits per heavy atom. The summed E-state index contributed by atoms with van der Waals surface area (Å²) in [6.45, 7) is 20.7. The van der Waals surface area contributed by atoms with E-state index in [4.69, 9.17) is 9.47 Å².